The molecule has 0 radical (unpaired) electrons. The van der Waals surface area contributed by atoms with E-state index in [0.717, 1.165) is 12.0 Å². The zero-order chi connectivity index (χ0) is 9.68. The molecule has 0 spiro atoms. The number of anilines is 1. The Morgan fingerprint density at radius 3 is 2.38 bits per heavy atom. The van der Waals surface area contributed by atoms with Gasteiger partial charge in [-0.3, -0.25) is 4.79 Å². The van der Waals surface area contributed by atoms with Gasteiger partial charge in [0.2, 0.25) is 0 Å². The molecule has 0 amide bonds. The monoisotopic (exact) mass is 181 g/mol. The maximum atomic E-state index is 10.3. The minimum Gasteiger partial charge on any atom is -0.380 e. The molecule has 13 heavy (non-hydrogen) atoms. The van der Waals surface area contributed by atoms with Gasteiger partial charge in [-0.25, -0.2) is 0 Å². The van der Waals surface area contributed by atoms with Crippen LogP contribution >= 0.6 is 0 Å². The largest absolute Gasteiger partial charge is 0.380 e. The second kappa shape index (κ2) is 4.59. The van der Waals surface area contributed by atoms with E-state index >= 15 is 0 Å². The first-order valence-corrected chi connectivity index (χ1v) is 3.87. The molecule has 70 valence electrons. The Labute approximate surface area is 75.8 Å². The van der Waals surface area contributed by atoms with Crippen LogP contribution in [0.4, 0.5) is 5.69 Å². The highest BCUT2D eigenvalue weighted by Gasteiger charge is 1.96. The molecule has 0 heterocycles. The van der Waals surface area contributed by atoms with Crippen molar-refractivity contribution in [2.24, 2.45) is 0 Å². The third kappa shape index (κ3) is 3.23. The molecular formula is C9H11NO3. The third-order valence-corrected chi connectivity index (χ3v) is 1.54. The fraction of sp³-hybridized carbons (Fsp3) is 0.222. The number of nitrogens with one attached hydrogen (secondary N) is 1. The van der Waals surface area contributed by atoms with Crippen LogP contribution < -0.4 is 5.32 Å². The quantitative estimate of drug-likeness (QED) is 0.459. The predicted octanol–water partition coefficient (Wildman–Crippen LogP) is 0.222. The highest BCUT2D eigenvalue weighted by atomic mass is 16.5. The average molecular weight is 181 g/mol. The van der Waals surface area contributed by atoms with Crippen LogP contribution in [0.15, 0.2) is 24.3 Å². The second-order valence-corrected chi connectivity index (χ2v) is 2.60. The average Bonchev–Trinajstić information content (AvgIpc) is 2.15. The van der Waals surface area contributed by atoms with Crippen LogP contribution in [0, 0.1) is 0 Å². The number of hydrogen-bond acceptors (Lipinski definition) is 4. The molecule has 0 atom stereocenters. The smallest absolute Gasteiger partial charge is 0.169 e. The lowest BCUT2D eigenvalue weighted by atomic mass is 10.2. The van der Waals surface area contributed by atoms with Crippen molar-refractivity contribution in [3.05, 3.63) is 29.8 Å². The summed E-state index contributed by atoms with van der Waals surface area (Å²) in [5.41, 5.74) is 1.34. The Morgan fingerprint density at radius 1 is 1.31 bits per heavy atom. The molecule has 0 aliphatic rings. The molecule has 0 aliphatic heterocycles. The van der Waals surface area contributed by atoms with Gasteiger partial charge in [-0.2, -0.15) is 0 Å². The van der Waals surface area contributed by atoms with Gasteiger partial charge >= 0.3 is 0 Å². The lowest BCUT2D eigenvalue weighted by Gasteiger charge is -2.07. The number of benzene rings is 1. The van der Waals surface area contributed by atoms with Gasteiger partial charge in [-0.15, -0.1) is 0 Å². The van der Waals surface area contributed by atoms with Crippen molar-refractivity contribution >= 4 is 12.0 Å². The summed E-state index contributed by atoms with van der Waals surface area (Å²) in [7, 11) is 0. The summed E-state index contributed by atoms with van der Waals surface area (Å²) in [4.78, 5) is 10.3. The summed E-state index contributed by atoms with van der Waals surface area (Å²) >= 11 is 0. The molecule has 1 aromatic rings. The normalized spacial score (nSPS) is 10.1. The Balaban J connectivity index is 2.54. The second-order valence-electron chi connectivity index (χ2n) is 2.60. The van der Waals surface area contributed by atoms with Gasteiger partial charge in [0.05, 0.1) is 6.54 Å². The van der Waals surface area contributed by atoms with Crippen LogP contribution in [-0.2, 0) is 0 Å². The van der Waals surface area contributed by atoms with Crippen LogP contribution in [0.2, 0.25) is 0 Å². The van der Waals surface area contributed by atoms with Crippen LogP contribution in [-0.4, -0.2) is 29.3 Å². The number of carbonyl (C=O) groups excluding carboxylic acids is 1. The Bertz CT molecular complexity index is 269. The van der Waals surface area contributed by atoms with Gasteiger partial charge < -0.3 is 15.5 Å². The highest BCUT2D eigenvalue weighted by Crippen LogP contribution is 2.07. The lowest BCUT2D eigenvalue weighted by molar-refractivity contribution is -0.0275. The summed E-state index contributed by atoms with van der Waals surface area (Å²) in [5, 5.41) is 19.9. The van der Waals surface area contributed by atoms with Crippen molar-refractivity contribution in [2.45, 2.75) is 6.29 Å². The molecule has 0 aliphatic carbocycles. The van der Waals surface area contributed by atoms with Gasteiger partial charge in [0.25, 0.3) is 0 Å². The predicted molar refractivity (Wildman–Crippen MR) is 48.5 cm³/mol. The molecule has 0 aromatic heterocycles. The molecule has 4 heteroatoms. The van der Waals surface area contributed by atoms with Crippen LogP contribution in [0.1, 0.15) is 10.4 Å². The van der Waals surface area contributed by atoms with Gasteiger partial charge in [-0.05, 0) is 24.3 Å². The number of hydrogen-bond donors (Lipinski definition) is 3. The molecule has 1 rings (SSSR count). The van der Waals surface area contributed by atoms with E-state index in [1.165, 1.54) is 0 Å². The van der Waals surface area contributed by atoms with E-state index in [-0.39, 0.29) is 6.54 Å². The van der Waals surface area contributed by atoms with Gasteiger partial charge in [0.1, 0.15) is 6.29 Å². The highest BCUT2D eigenvalue weighted by molar-refractivity contribution is 5.75. The molecule has 0 saturated heterocycles. The van der Waals surface area contributed by atoms with E-state index < -0.39 is 6.29 Å². The topological polar surface area (TPSA) is 69.6 Å². The van der Waals surface area contributed by atoms with E-state index in [9.17, 15) is 4.79 Å². The molecular weight excluding hydrogens is 170 g/mol. The van der Waals surface area contributed by atoms with Crippen molar-refractivity contribution in [2.75, 3.05) is 11.9 Å². The molecule has 3 N–H and O–H groups in total. The zero-order valence-electron chi connectivity index (χ0n) is 6.97. The summed E-state index contributed by atoms with van der Waals surface area (Å²) in [6, 6.07) is 6.70. The van der Waals surface area contributed by atoms with E-state index in [0.29, 0.717) is 5.56 Å². The standard InChI is InChI=1S/C9H11NO3/c11-6-7-1-3-8(4-2-7)10-5-9(12)13/h1-4,6,9-10,12-13H,5H2. The fourth-order valence-electron chi connectivity index (χ4n) is 0.889. The SMILES string of the molecule is O=Cc1ccc(NCC(O)O)cc1. The fourth-order valence-corrected chi connectivity index (χ4v) is 0.889. The molecule has 0 fully saturated rings. The Kier molecular flexibility index (Phi) is 3.42. The van der Waals surface area contributed by atoms with E-state index in [1.807, 2.05) is 0 Å². The van der Waals surface area contributed by atoms with Crippen molar-refractivity contribution in [1.29, 1.82) is 0 Å². The number of carbonyl (C=O) groups is 1. The van der Waals surface area contributed by atoms with Crippen molar-refractivity contribution < 1.29 is 15.0 Å². The van der Waals surface area contributed by atoms with Crippen LogP contribution in [0.25, 0.3) is 0 Å². The first-order chi connectivity index (χ1) is 6.22. The Hall–Kier alpha value is -1.39. The molecule has 0 bridgehead atoms. The van der Waals surface area contributed by atoms with Crippen LogP contribution in [0.5, 0.6) is 0 Å². The number of aliphatic hydroxyl groups is 2. The summed E-state index contributed by atoms with van der Waals surface area (Å²) in [6.45, 7) is 0.0699. The van der Waals surface area contributed by atoms with Gasteiger partial charge in [0, 0.05) is 11.3 Å². The Morgan fingerprint density at radius 2 is 1.92 bits per heavy atom. The van der Waals surface area contributed by atoms with Crippen LogP contribution in [0.3, 0.4) is 0 Å². The number of rotatable bonds is 4. The zero-order valence-corrected chi connectivity index (χ0v) is 6.97. The number of aldehydes is 1. The summed E-state index contributed by atoms with van der Waals surface area (Å²) in [5.74, 6) is 0. The maximum absolute atomic E-state index is 10.3. The van der Waals surface area contributed by atoms with Gasteiger partial charge in [0.15, 0.2) is 6.29 Å². The van der Waals surface area contributed by atoms with E-state index in [1.54, 1.807) is 24.3 Å². The van der Waals surface area contributed by atoms with Crippen molar-refractivity contribution in [3.8, 4) is 0 Å². The van der Waals surface area contributed by atoms with Gasteiger partial charge in [-0.1, -0.05) is 0 Å². The minimum atomic E-state index is -1.37. The number of aliphatic hydroxyl groups excluding tert-OH is 1. The third-order valence-electron chi connectivity index (χ3n) is 1.54. The maximum Gasteiger partial charge on any atom is 0.169 e. The lowest BCUT2D eigenvalue weighted by Crippen LogP contribution is -2.18. The summed E-state index contributed by atoms with van der Waals surface area (Å²) < 4.78 is 0. The molecule has 4 nitrogen and oxygen atoms in total. The van der Waals surface area contributed by atoms with Crippen molar-refractivity contribution in [3.63, 3.8) is 0 Å². The molecule has 0 saturated carbocycles. The molecule has 0 unspecified atom stereocenters. The minimum absolute atomic E-state index is 0.0699. The van der Waals surface area contributed by atoms with E-state index in [4.69, 9.17) is 10.2 Å². The molecule has 1 aromatic carbocycles. The van der Waals surface area contributed by atoms with E-state index in [2.05, 4.69) is 5.32 Å². The van der Waals surface area contributed by atoms with Crippen molar-refractivity contribution in [1.82, 2.24) is 0 Å². The first kappa shape index (κ1) is 9.70. The first-order valence-electron chi connectivity index (χ1n) is 3.87. The summed E-state index contributed by atoms with van der Waals surface area (Å²) in [6.07, 6.45) is -0.615.